The Hall–Kier alpha value is 0.240. The molecule has 0 saturated heterocycles. The molecule has 0 heterocycles. The number of hydrogen-bond acceptors (Lipinski definition) is 2. The molecule has 0 aromatic rings. The van der Waals surface area contributed by atoms with Crippen molar-refractivity contribution in [2.24, 2.45) is 0 Å². The average Bonchev–Trinajstić information content (AvgIpc) is 2.03. The zero-order valence-corrected chi connectivity index (χ0v) is 9.29. The molecule has 0 aliphatic heterocycles. The predicted octanol–water partition coefficient (Wildman–Crippen LogP) is 2.22. The Morgan fingerprint density at radius 3 is 2.33 bits per heavy atom. The Kier molecular flexibility index (Phi) is 5.93. The zero-order valence-electron chi connectivity index (χ0n) is 7.72. The maximum atomic E-state index is 11.4. The molecular weight excluding hydrogens is 196 g/mol. The Bertz CT molecular complexity index is 199. The van der Waals surface area contributed by atoms with E-state index >= 15 is 0 Å². The molecule has 0 saturated carbocycles. The summed E-state index contributed by atoms with van der Waals surface area (Å²) >= 11 is 5.45. The number of sulfone groups is 1. The van der Waals surface area contributed by atoms with Crippen LogP contribution in [0.2, 0.25) is 0 Å². The van der Waals surface area contributed by atoms with Gasteiger partial charge in [0.1, 0.15) is 0 Å². The van der Waals surface area contributed by atoms with Crippen LogP contribution < -0.4 is 0 Å². The molecular formula is C8H17ClO2S. The van der Waals surface area contributed by atoms with Crippen LogP contribution in [0.1, 0.15) is 33.1 Å². The molecule has 0 fully saturated rings. The van der Waals surface area contributed by atoms with Crippen molar-refractivity contribution < 1.29 is 8.42 Å². The maximum Gasteiger partial charge on any atom is 0.152 e. The van der Waals surface area contributed by atoms with Gasteiger partial charge in [0, 0.05) is 5.88 Å². The molecule has 0 aliphatic rings. The Balaban J connectivity index is 3.88. The van der Waals surface area contributed by atoms with Crippen molar-refractivity contribution in [1.82, 2.24) is 0 Å². The third-order valence-corrected chi connectivity index (χ3v) is 4.68. The van der Waals surface area contributed by atoms with E-state index in [-0.39, 0.29) is 11.0 Å². The summed E-state index contributed by atoms with van der Waals surface area (Å²) < 4.78 is 22.8. The molecule has 0 aromatic carbocycles. The van der Waals surface area contributed by atoms with Gasteiger partial charge >= 0.3 is 0 Å². The highest BCUT2D eigenvalue weighted by Gasteiger charge is 2.17. The highest BCUT2D eigenvalue weighted by atomic mass is 35.5. The van der Waals surface area contributed by atoms with Crippen LogP contribution in [0.5, 0.6) is 0 Å². The molecule has 0 N–H and O–H groups in total. The van der Waals surface area contributed by atoms with Gasteiger partial charge in [0.2, 0.25) is 0 Å². The van der Waals surface area contributed by atoms with Crippen LogP contribution in [0.15, 0.2) is 0 Å². The first-order valence-electron chi connectivity index (χ1n) is 4.32. The lowest BCUT2D eigenvalue weighted by molar-refractivity contribution is 0.578. The van der Waals surface area contributed by atoms with E-state index in [1.54, 1.807) is 6.92 Å². The molecule has 0 bridgehead atoms. The lowest BCUT2D eigenvalue weighted by atomic mass is 10.4. The van der Waals surface area contributed by atoms with Gasteiger partial charge in [-0.2, -0.15) is 0 Å². The molecule has 0 spiro atoms. The van der Waals surface area contributed by atoms with Crippen LogP contribution in [0, 0.1) is 0 Å². The topological polar surface area (TPSA) is 34.1 Å². The number of hydrogen-bond donors (Lipinski definition) is 0. The van der Waals surface area contributed by atoms with Crippen LogP contribution in [0.3, 0.4) is 0 Å². The van der Waals surface area contributed by atoms with E-state index < -0.39 is 9.84 Å². The van der Waals surface area contributed by atoms with Gasteiger partial charge in [0.15, 0.2) is 9.84 Å². The van der Waals surface area contributed by atoms with E-state index in [4.69, 9.17) is 11.6 Å². The van der Waals surface area contributed by atoms with Crippen LogP contribution in [0.4, 0.5) is 0 Å². The molecule has 2 nitrogen and oxygen atoms in total. The Morgan fingerprint density at radius 2 is 1.92 bits per heavy atom. The van der Waals surface area contributed by atoms with Crippen molar-refractivity contribution in [3.05, 3.63) is 0 Å². The van der Waals surface area contributed by atoms with E-state index in [1.807, 2.05) is 6.92 Å². The predicted molar refractivity (Wildman–Crippen MR) is 53.5 cm³/mol. The Morgan fingerprint density at radius 1 is 1.33 bits per heavy atom. The van der Waals surface area contributed by atoms with Crippen molar-refractivity contribution in [2.75, 3.05) is 11.6 Å². The van der Waals surface area contributed by atoms with Crippen LogP contribution >= 0.6 is 11.6 Å². The monoisotopic (exact) mass is 212 g/mol. The average molecular weight is 213 g/mol. The van der Waals surface area contributed by atoms with Gasteiger partial charge in [0.05, 0.1) is 11.0 Å². The number of unbranched alkanes of at least 4 members (excludes halogenated alkanes) is 1. The van der Waals surface area contributed by atoms with E-state index in [2.05, 4.69) is 0 Å². The summed E-state index contributed by atoms with van der Waals surface area (Å²) in [5, 5.41) is -0.201. The minimum Gasteiger partial charge on any atom is -0.229 e. The van der Waals surface area contributed by atoms with Gasteiger partial charge in [-0.05, 0) is 26.2 Å². The summed E-state index contributed by atoms with van der Waals surface area (Å²) in [7, 11) is -2.84. The number of rotatable bonds is 6. The highest BCUT2D eigenvalue weighted by molar-refractivity contribution is 7.91. The van der Waals surface area contributed by atoms with Gasteiger partial charge in [0.25, 0.3) is 0 Å². The van der Waals surface area contributed by atoms with Gasteiger partial charge in [-0.3, -0.25) is 0 Å². The maximum absolute atomic E-state index is 11.4. The summed E-state index contributed by atoms with van der Waals surface area (Å²) in [4.78, 5) is 0. The lowest BCUT2D eigenvalue weighted by Gasteiger charge is -2.09. The van der Waals surface area contributed by atoms with Crippen LogP contribution in [-0.4, -0.2) is 25.3 Å². The molecule has 12 heavy (non-hydrogen) atoms. The summed E-state index contributed by atoms with van der Waals surface area (Å²) in [6, 6.07) is 0. The first-order valence-corrected chi connectivity index (χ1v) is 6.57. The standard InChI is InChI=1S/C8H17ClO2S/c1-3-8(2)12(10,11)7-5-4-6-9/h8H,3-7H2,1-2H3. The molecule has 0 aromatic heterocycles. The minimum absolute atomic E-state index is 0.201. The van der Waals surface area contributed by atoms with Gasteiger partial charge in [-0.15, -0.1) is 11.6 Å². The van der Waals surface area contributed by atoms with Crippen molar-refractivity contribution in [2.45, 2.75) is 38.4 Å². The first kappa shape index (κ1) is 12.2. The van der Waals surface area contributed by atoms with E-state index in [0.717, 1.165) is 6.42 Å². The molecule has 1 atom stereocenters. The van der Waals surface area contributed by atoms with E-state index in [1.165, 1.54) is 0 Å². The largest absolute Gasteiger partial charge is 0.229 e. The fourth-order valence-electron chi connectivity index (χ4n) is 0.853. The van der Waals surface area contributed by atoms with Crippen molar-refractivity contribution >= 4 is 21.4 Å². The minimum atomic E-state index is -2.84. The molecule has 0 aliphatic carbocycles. The SMILES string of the molecule is CCC(C)S(=O)(=O)CCCCCl. The summed E-state index contributed by atoms with van der Waals surface area (Å²) in [5.41, 5.74) is 0. The summed E-state index contributed by atoms with van der Waals surface area (Å²) in [6.45, 7) is 3.65. The Labute approximate surface area is 80.2 Å². The van der Waals surface area contributed by atoms with E-state index in [9.17, 15) is 8.42 Å². The smallest absolute Gasteiger partial charge is 0.152 e. The van der Waals surface area contributed by atoms with E-state index in [0.29, 0.717) is 18.7 Å². The second kappa shape index (κ2) is 5.81. The second-order valence-electron chi connectivity index (χ2n) is 2.98. The fourth-order valence-corrected chi connectivity index (χ4v) is 2.56. The number of alkyl halides is 1. The molecule has 0 amide bonds. The molecule has 1 unspecified atom stereocenters. The first-order chi connectivity index (χ1) is 5.54. The summed E-state index contributed by atoms with van der Waals surface area (Å²) in [6.07, 6.45) is 2.18. The van der Waals surface area contributed by atoms with Crippen molar-refractivity contribution in [3.63, 3.8) is 0 Å². The quantitative estimate of drug-likeness (QED) is 0.500. The van der Waals surface area contributed by atoms with Crippen LogP contribution in [-0.2, 0) is 9.84 Å². The third-order valence-electron chi connectivity index (χ3n) is 2.00. The lowest BCUT2D eigenvalue weighted by Crippen LogP contribution is -2.20. The van der Waals surface area contributed by atoms with Crippen molar-refractivity contribution in [1.29, 1.82) is 0 Å². The molecule has 0 radical (unpaired) electrons. The van der Waals surface area contributed by atoms with Gasteiger partial charge in [-0.1, -0.05) is 6.92 Å². The normalized spacial score (nSPS) is 14.6. The van der Waals surface area contributed by atoms with Gasteiger partial charge < -0.3 is 0 Å². The molecule has 4 heteroatoms. The third kappa shape index (κ3) is 4.31. The molecule has 0 rings (SSSR count). The molecule has 74 valence electrons. The van der Waals surface area contributed by atoms with Crippen molar-refractivity contribution in [3.8, 4) is 0 Å². The second-order valence-corrected chi connectivity index (χ2v) is 5.90. The van der Waals surface area contributed by atoms with Crippen LogP contribution in [0.25, 0.3) is 0 Å². The highest BCUT2D eigenvalue weighted by Crippen LogP contribution is 2.08. The van der Waals surface area contributed by atoms with Gasteiger partial charge in [-0.25, -0.2) is 8.42 Å². The summed E-state index contributed by atoms with van der Waals surface area (Å²) in [5.74, 6) is 0.838. The fraction of sp³-hybridized carbons (Fsp3) is 1.00. The number of halogens is 1. The zero-order chi connectivity index (χ0) is 9.61.